The van der Waals surface area contributed by atoms with Gasteiger partial charge in [0.15, 0.2) is 0 Å². The summed E-state index contributed by atoms with van der Waals surface area (Å²) >= 11 is 5.78. The van der Waals surface area contributed by atoms with Crippen LogP contribution in [0.25, 0.3) is 0 Å². The molecular weight excluding hydrogens is 244 g/mol. The van der Waals surface area contributed by atoms with Crippen molar-refractivity contribution in [2.75, 3.05) is 5.32 Å². The molecule has 0 spiro atoms. The second kappa shape index (κ2) is 4.33. The number of halogens is 1. The van der Waals surface area contributed by atoms with E-state index in [-0.39, 0.29) is 22.5 Å². The molecule has 17 heavy (non-hydrogen) atoms. The van der Waals surface area contributed by atoms with E-state index in [9.17, 15) is 14.9 Å². The summed E-state index contributed by atoms with van der Waals surface area (Å²) in [6.45, 7) is 1.70. The molecule has 1 aromatic rings. The van der Waals surface area contributed by atoms with Crippen molar-refractivity contribution in [2.24, 2.45) is 5.92 Å². The number of nitrogens with one attached hydrogen (secondary N) is 1. The third kappa shape index (κ3) is 2.55. The maximum Gasteiger partial charge on any atom is 0.288 e. The lowest BCUT2D eigenvalue weighted by Gasteiger charge is -2.08. The first-order valence-electron chi connectivity index (χ1n) is 5.24. The molecule has 5 nitrogen and oxygen atoms in total. The standard InChI is InChI=1S/C11H11ClN2O3/c1-6-4-10(14(16)17)8(12)5-9(6)13-11(15)7-2-3-7/h4-5,7H,2-3H2,1H3,(H,13,15). The van der Waals surface area contributed by atoms with Crippen molar-refractivity contribution in [1.82, 2.24) is 0 Å². The minimum absolute atomic E-state index is 0.0340. The normalized spacial score (nSPS) is 14.5. The summed E-state index contributed by atoms with van der Waals surface area (Å²) in [5.41, 5.74) is 1.03. The lowest BCUT2D eigenvalue weighted by Crippen LogP contribution is -2.14. The van der Waals surface area contributed by atoms with E-state index in [0.29, 0.717) is 11.3 Å². The molecule has 0 aromatic heterocycles. The van der Waals surface area contributed by atoms with Crippen LogP contribution in [0.5, 0.6) is 0 Å². The van der Waals surface area contributed by atoms with E-state index in [1.54, 1.807) is 6.92 Å². The van der Waals surface area contributed by atoms with Gasteiger partial charge in [-0.2, -0.15) is 0 Å². The number of rotatable bonds is 3. The number of anilines is 1. The number of hydrogen-bond donors (Lipinski definition) is 1. The number of aryl methyl sites for hydroxylation is 1. The molecule has 0 heterocycles. The van der Waals surface area contributed by atoms with E-state index in [1.165, 1.54) is 12.1 Å². The highest BCUT2D eigenvalue weighted by Gasteiger charge is 2.30. The molecular formula is C11H11ClN2O3. The number of carbonyl (C=O) groups is 1. The molecule has 90 valence electrons. The van der Waals surface area contributed by atoms with Gasteiger partial charge in [-0.25, -0.2) is 0 Å². The van der Waals surface area contributed by atoms with Gasteiger partial charge in [-0.05, 0) is 31.4 Å². The van der Waals surface area contributed by atoms with Crippen LogP contribution in [0, 0.1) is 23.0 Å². The fraction of sp³-hybridized carbons (Fsp3) is 0.364. The van der Waals surface area contributed by atoms with Crippen LogP contribution < -0.4 is 5.32 Å². The SMILES string of the molecule is Cc1cc([N+](=O)[O-])c(Cl)cc1NC(=O)C1CC1. The van der Waals surface area contributed by atoms with Crippen LogP contribution in [0.3, 0.4) is 0 Å². The second-order valence-electron chi connectivity index (χ2n) is 4.14. The van der Waals surface area contributed by atoms with E-state index in [2.05, 4.69) is 5.32 Å². The van der Waals surface area contributed by atoms with Gasteiger partial charge in [0.25, 0.3) is 5.69 Å². The predicted octanol–water partition coefficient (Wildman–Crippen LogP) is 2.91. The minimum Gasteiger partial charge on any atom is -0.326 e. The van der Waals surface area contributed by atoms with E-state index in [1.807, 2.05) is 0 Å². The molecule has 6 heteroatoms. The number of benzene rings is 1. The van der Waals surface area contributed by atoms with E-state index < -0.39 is 4.92 Å². The van der Waals surface area contributed by atoms with E-state index in [0.717, 1.165) is 12.8 Å². The molecule has 1 aromatic carbocycles. The molecule has 2 rings (SSSR count). The summed E-state index contributed by atoms with van der Waals surface area (Å²) in [5, 5.41) is 13.4. The second-order valence-corrected chi connectivity index (χ2v) is 4.55. The van der Waals surface area contributed by atoms with Crippen LogP contribution in [0.15, 0.2) is 12.1 Å². The Labute approximate surface area is 103 Å². The summed E-state index contributed by atoms with van der Waals surface area (Å²) in [6.07, 6.45) is 1.82. The summed E-state index contributed by atoms with van der Waals surface area (Å²) in [4.78, 5) is 21.7. The van der Waals surface area contributed by atoms with Crippen molar-refractivity contribution in [3.63, 3.8) is 0 Å². The van der Waals surface area contributed by atoms with Crippen LogP contribution in [0.4, 0.5) is 11.4 Å². The van der Waals surface area contributed by atoms with Gasteiger partial charge >= 0.3 is 0 Å². The fourth-order valence-corrected chi connectivity index (χ4v) is 1.75. The molecule has 0 atom stereocenters. The Bertz CT molecular complexity index is 498. The monoisotopic (exact) mass is 254 g/mol. The predicted molar refractivity (Wildman–Crippen MR) is 64.2 cm³/mol. The lowest BCUT2D eigenvalue weighted by atomic mass is 10.1. The molecule has 1 aliphatic rings. The van der Waals surface area contributed by atoms with Crippen LogP contribution in [0.2, 0.25) is 5.02 Å². The zero-order chi connectivity index (χ0) is 12.6. The van der Waals surface area contributed by atoms with Crippen molar-refractivity contribution >= 4 is 28.9 Å². The number of nitrogens with zero attached hydrogens (tertiary/aromatic N) is 1. The zero-order valence-corrected chi connectivity index (χ0v) is 9.95. The lowest BCUT2D eigenvalue weighted by molar-refractivity contribution is -0.384. The molecule has 0 bridgehead atoms. The zero-order valence-electron chi connectivity index (χ0n) is 9.20. The average molecular weight is 255 g/mol. The highest BCUT2D eigenvalue weighted by atomic mass is 35.5. The number of carbonyl (C=O) groups excluding carboxylic acids is 1. The Balaban J connectivity index is 2.25. The van der Waals surface area contributed by atoms with Crippen molar-refractivity contribution in [2.45, 2.75) is 19.8 Å². The molecule has 0 unspecified atom stereocenters. The van der Waals surface area contributed by atoms with Crippen molar-refractivity contribution in [3.05, 3.63) is 32.8 Å². The molecule has 1 N–H and O–H groups in total. The summed E-state index contributed by atoms with van der Waals surface area (Å²) in [5.74, 6) is 0.0430. The van der Waals surface area contributed by atoms with Crippen LogP contribution in [-0.2, 0) is 4.79 Å². The number of nitro groups is 1. The Kier molecular flexibility index (Phi) is 3.02. The topological polar surface area (TPSA) is 72.2 Å². The quantitative estimate of drug-likeness (QED) is 0.666. The molecule has 0 saturated heterocycles. The third-order valence-corrected chi connectivity index (χ3v) is 3.00. The maximum absolute atomic E-state index is 11.6. The highest BCUT2D eigenvalue weighted by molar-refractivity contribution is 6.33. The fourth-order valence-electron chi connectivity index (χ4n) is 1.52. The van der Waals surface area contributed by atoms with E-state index >= 15 is 0 Å². The van der Waals surface area contributed by atoms with Gasteiger partial charge in [-0.15, -0.1) is 0 Å². The average Bonchev–Trinajstić information content (AvgIpc) is 3.05. The van der Waals surface area contributed by atoms with Gasteiger partial charge < -0.3 is 5.32 Å². The van der Waals surface area contributed by atoms with Crippen molar-refractivity contribution in [1.29, 1.82) is 0 Å². The number of amides is 1. The largest absolute Gasteiger partial charge is 0.326 e. The van der Waals surface area contributed by atoms with E-state index in [4.69, 9.17) is 11.6 Å². The summed E-state index contributed by atoms with van der Waals surface area (Å²) in [7, 11) is 0. The molecule has 1 fully saturated rings. The van der Waals surface area contributed by atoms with Crippen molar-refractivity contribution in [3.8, 4) is 0 Å². The first-order chi connectivity index (χ1) is 7.99. The Morgan fingerprint density at radius 2 is 2.18 bits per heavy atom. The highest BCUT2D eigenvalue weighted by Crippen LogP contribution is 2.33. The molecule has 0 radical (unpaired) electrons. The Morgan fingerprint density at radius 1 is 1.53 bits per heavy atom. The summed E-state index contributed by atoms with van der Waals surface area (Å²) in [6, 6.07) is 2.79. The maximum atomic E-state index is 11.6. The molecule has 1 saturated carbocycles. The van der Waals surface area contributed by atoms with Crippen LogP contribution in [0.1, 0.15) is 18.4 Å². The van der Waals surface area contributed by atoms with Gasteiger partial charge in [0.1, 0.15) is 5.02 Å². The minimum atomic E-state index is -0.540. The van der Waals surface area contributed by atoms with Gasteiger partial charge in [-0.1, -0.05) is 11.6 Å². The van der Waals surface area contributed by atoms with Gasteiger partial charge in [0.2, 0.25) is 5.91 Å². The first-order valence-corrected chi connectivity index (χ1v) is 5.62. The van der Waals surface area contributed by atoms with Crippen molar-refractivity contribution < 1.29 is 9.72 Å². The van der Waals surface area contributed by atoms with Crippen LogP contribution in [-0.4, -0.2) is 10.8 Å². The van der Waals surface area contributed by atoms with Gasteiger partial charge in [-0.3, -0.25) is 14.9 Å². The van der Waals surface area contributed by atoms with Gasteiger partial charge in [0.05, 0.1) is 4.92 Å². The third-order valence-electron chi connectivity index (χ3n) is 2.70. The molecule has 0 aliphatic heterocycles. The van der Waals surface area contributed by atoms with Gasteiger partial charge in [0, 0.05) is 17.7 Å². The number of hydrogen-bond acceptors (Lipinski definition) is 3. The first kappa shape index (κ1) is 11.9. The Morgan fingerprint density at radius 3 is 2.71 bits per heavy atom. The summed E-state index contributed by atoms with van der Waals surface area (Å²) < 4.78 is 0. The molecule has 1 aliphatic carbocycles. The smallest absolute Gasteiger partial charge is 0.288 e. The number of nitro benzene ring substituents is 1. The Hall–Kier alpha value is -1.62. The van der Waals surface area contributed by atoms with Crippen LogP contribution >= 0.6 is 11.6 Å². The molecule has 1 amide bonds.